The van der Waals surface area contributed by atoms with Crippen LogP contribution in [0, 0.1) is 0 Å². The van der Waals surface area contributed by atoms with Gasteiger partial charge in [-0.15, -0.1) is 0 Å². The molecule has 0 amide bonds. The predicted octanol–water partition coefficient (Wildman–Crippen LogP) is 6.38. The Bertz CT molecular complexity index is 546. The van der Waals surface area contributed by atoms with E-state index in [0.717, 1.165) is 0 Å². The smallest absolute Gasteiger partial charge is 0.184 e. The molecule has 0 aromatic heterocycles. The lowest BCUT2D eigenvalue weighted by Gasteiger charge is -2.31. The fourth-order valence-corrected chi connectivity index (χ4v) is 7.98. The Hall–Kier alpha value is 0.804. The number of rotatable bonds is 20. The van der Waals surface area contributed by atoms with E-state index >= 15 is 0 Å². The van der Waals surface area contributed by atoms with Crippen LogP contribution < -0.4 is 0 Å². The van der Waals surface area contributed by atoms with Gasteiger partial charge in [-0.05, 0) is 98.2 Å². The summed E-state index contributed by atoms with van der Waals surface area (Å²) in [5.41, 5.74) is 0. The molecule has 0 aliphatic heterocycles. The normalized spacial score (nSPS) is 16.8. The van der Waals surface area contributed by atoms with E-state index < -0.39 is 41.6 Å². The molecule has 0 aliphatic carbocycles. The highest BCUT2D eigenvalue weighted by atomic mass is 28.4. The van der Waals surface area contributed by atoms with E-state index in [4.69, 9.17) is 31.6 Å². The van der Waals surface area contributed by atoms with E-state index in [1.165, 1.54) is 0 Å². The van der Waals surface area contributed by atoms with Crippen molar-refractivity contribution in [3.63, 3.8) is 0 Å². The van der Waals surface area contributed by atoms with Gasteiger partial charge >= 0.3 is 0 Å². The molecule has 0 aliphatic rings. The Labute approximate surface area is 228 Å². The molecule has 0 saturated heterocycles. The summed E-state index contributed by atoms with van der Waals surface area (Å²) in [7, 11) is -8.48. The maximum Gasteiger partial charge on any atom is 0.184 e. The fourth-order valence-electron chi connectivity index (χ4n) is 3.20. The zero-order chi connectivity index (χ0) is 28.4. The van der Waals surface area contributed by atoms with Crippen LogP contribution in [-0.4, -0.2) is 99.5 Å². The lowest BCUT2D eigenvalue weighted by atomic mass is 10.4. The average molecular weight is 601 g/mol. The monoisotopic (exact) mass is 600 g/mol. The summed E-state index contributed by atoms with van der Waals surface area (Å²) in [6.07, 6.45) is -0.261. The van der Waals surface area contributed by atoms with Gasteiger partial charge in [0.2, 0.25) is 0 Å². The third-order valence-corrected chi connectivity index (χ3v) is 9.37. The molecule has 36 heavy (non-hydrogen) atoms. The van der Waals surface area contributed by atoms with Gasteiger partial charge in [0.25, 0.3) is 0 Å². The maximum atomic E-state index is 6.41. The van der Waals surface area contributed by atoms with Gasteiger partial charge in [0.15, 0.2) is 41.6 Å². The topological polar surface area (TPSA) is 64.6 Å². The first-order chi connectivity index (χ1) is 15.9. The Kier molecular flexibility index (Phi) is 15.9. The van der Waals surface area contributed by atoms with Crippen molar-refractivity contribution < 1.29 is 31.6 Å². The van der Waals surface area contributed by atoms with Gasteiger partial charge in [0.1, 0.15) is 0 Å². The Morgan fingerprint density at radius 1 is 0.333 bits per heavy atom. The van der Waals surface area contributed by atoms with Crippen LogP contribution in [0.4, 0.5) is 0 Å². The Balaban J connectivity index is 5.02. The molecule has 0 N–H and O–H groups in total. The predicted molar refractivity (Wildman–Crippen MR) is 165 cm³/mol. The molecule has 0 bridgehead atoms. The second-order valence-corrected chi connectivity index (χ2v) is 36.9. The first-order valence-corrected chi connectivity index (χ1v) is 30.5. The zero-order valence-electron chi connectivity index (χ0n) is 26.3. The Morgan fingerprint density at radius 3 is 0.750 bits per heavy atom. The largest absolute Gasteiger partial charge is 0.415 e. The highest BCUT2D eigenvalue weighted by molar-refractivity contribution is 6.71. The molecule has 0 spiro atoms. The van der Waals surface area contributed by atoms with Crippen molar-refractivity contribution in [1.82, 2.24) is 0 Å². The summed E-state index contributed by atoms with van der Waals surface area (Å²) in [6, 6.07) is 0. The van der Waals surface area contributed by atoms with Crippen LogP contribution in [0.15, 0.2) is 0 Å². The van der Waals surface area contributed by atoms with E-state index in [2.05, 4.69) is 98.2 Å². The van der Waals surface area contributed by atoms with Gasteiger partial charge in [0, 0.05) is 0 Å². The molecule has 0 heterocycles. The number of ether oxygens (including phenoxy) is 2. The van der Waals surface area contributed by atoms with E-state index in [9.17, 15) is 0 Å². The van der Waals surface area contributed by atoms with E-state index in [1.807, 2.05) is 0 Å². The van der Waals surface area contributed by atoms with Gasteiger partial charge in [-0.1, -0.05) is 0 Å². The molecule has 0 saturated carbocycles. The van der Waals surface area contributed by atoms with Gasteiger partial charge in [-0.2, -0.15) is 0 Å². The molecular weight excluding hydrogens is 541 g/mol. The summed E-state index contributed by atoms with van der Waals surface area (Å²) >= 11 is 0. The van der Waals surface area contributed by atoms with E-state index in [1.54, 1.807) is 0 Å². The molecule has 2 unspecified atom stereocenters. The molecule has 0 fully saturated rings. The fraction of sp³-hybridized carbons (Fsp3) is 1.00. The second kappa shape index (κ2) is 15.6. The van der Waals surface area contributed by atoms with Crippen LogP contribution in [0.1, 0.15) is 0 Å². The van der Waals surface area contributed by atoms with Crippen molar-refractivity contribution in [2.75, 3.05) is 39.6 Å². The van der Waals surface area contributed by atoms with Crippen LogP contribution in [0.3, 0.4) is 0 Å². The first-order valence-electron chi connectivity index (χ1n) is 13.4. The molecular formula is C24H60O7Si5. The molecule has 7 nitrogen and oxygen atoms in total. The molecule has 12 heteroatoms. The van der Waals surface area contributed by atoms with Crippen LogP contribution in [0.25, 0.3) is 0 Å². The lowest BCUT2D eigenvalue weighted by molar-refractivity contribution is -0.0508. The highest BCUT2D eigenvalue weighted by Crippen LogP contribution is 2.15. The standard InChI is InChI=1S/C24H60O7Si5/c1-32(2,3)27-20-23(30-35(10,11)12)18-25-16-22(29-34(7,8)9)17-26-19-24(31-36(13,14)15)21-28-33(4,5)6/h22-24H,16-21H2,1-15H3. The van der Waals surface area contributed by atoms with Crippen LogP contribution >= 0.6 is 0 Å². The minimum Gasteiger partial charge on any atom is -0.415 e. The molecule has 218 valence electrons. The van der Waals surface area contributed by atoms with Crippen molar-refractivity contribution in [2.45, 2.75) is 117 Å². The molecule has 0 aromatic rings. The molecule has 2 atom stereocenters. The summed E-state index contributed by atoms with van der Waals surface area (Å²) in [4.78, 5) is 0. The van der Waals surface area contributed by atoms with Gasteiger partial charge in [-0.25, -0.2) is 0 Å². The van der Waals surface area contributed by atoms with Crippen molar-refractivity contribution in [3.05, 3.63) is 0 Å². The third-order valence-electron chi connectivity index (χ3n) is 4.18. The zero-order valence-corrected chi connectivity index (χ0v) is 31.3. The van der Waals surface area contributed by atoms with Gasteiger partial charge in [0.05, 0.1) is 58.0 Å². The minimum atomic E-state index is -1.78. The molecule has 0 aromatic carbocycles. The quantitative estimate of drug-likeness (QED) is 0.150. The first kappa shape index (κ1) is 36.8. The summed E-state index contributed by atoms with van der Waals surface area (Å²) < 4.78 is 43.7. The van der Waals surface area contributed by atoms with Gasteiger partial charge < -0.3 is 31.6 Å². The highest BCUT2D eigenvalue weighted by Gasteiger charge is 2.28. The van der Waals surface area contributed by atoms with Crippen molar-refractivity contribution in [2.24, 2.45) is 0 Å². The number of hydrogen-bond donors (Lipinski definition) is 0. The summed E-state index contributed by atoms with van der Waals surface area (Å²) in [6.45, 7) is 36.0. The van der Waals surface area contributed by atoms with Gasteiger partial charge in [-0.3, -0.25) is 0 Å². The summed E-state index contributed by atoms with van der Waals surface area (Å²) in [5, 5.41) is 0. The van der Waals surface area contributed by atoms with E-state index in [0.29, 0.717) is 39.6 Å². The van der Waals surface area contributed by atoms with Crippen LogP contribution in [0.2, 0.25) is 98.2 Å². The van der Waals surface area contributed by atoms with Crippen LogP contribution in [0.5, 0.6) is 0 Å². The average Bonchev–Trinajstić information content (AvgIpc) is 2.59. The summed E-state index contributed by atoms with van der Waals surface area (Å²) in [5.74, 6) is 0. The van der Waals surface area contributed by atoms with Crippen molar-refractivity contribution in [3.8, 4) is 0 Å². The van der Waals surface area contributed by atoms with E-state index in [-0.39, 0.29) is 18.3 Å². The molecule has 0 radical (unpaired) electrons. The van der Waals surface area contributed by atoms with Crippen LogP contribution in [-0.2, 0) is 31.6 Å². The van der Waals surface area contributed by atoms with Crippen molar-refractivity contribution in [1.29, 1.82) is 0 Å². The maximum absolute atomic E-state index is 6.41. The minimum absolute atomic E-state index is 0.0647. The lowest BCUT2D eigenvalue weighted by Crippen LogP contribution is -2.43. The SMILES string of the molecule is C[Si](C)(C)OCC(COCC(COCC(CO[Si](C)(C)C)O[Si](C)(C)C)O[Si](C)(C)C)O[Si](C)(C)C. The molecule has 0 rings (SSSR count). The number of hydrogen-bond acceptors (Lipinski definition) is 7. The van der Waals surface area contributed by atoms with Crippen molar-refractivity contribution >= 4 is 41.6 Å². The third kappa shape index (κ3) is 25.1. The second-order valence-electron chi connectivity index (χ2n) is 14.5. The Morgan fingerprint density at radius 2 is 0.556 bits per heavy atom.